The summed E-state index contributed by atoms with van der Waals surface area (Å²) in [6.45, 7) is 0. The fraction of sp³-hybridized carbons (Fsp3) is 0.0513. The molecule has 4 heteroatoms. The van der Waals surface area contributed by atoms with Gasteiger partial charge in [-0.1, -0.05) is 84.9 Å². The van der Waals surface area contributed by atoms with Crippen LogP contribution in [0.1, 0.15) is 22.7 Å². The SMILES string of the molecule is N#Cc1ccc2c(c1)c1cc(-c3cccc4c3sc3ccccc34)ccc1n2-c1ccc([C@H](N)Cc2ccccc2)cc1. The first-order chi connectivity index (χ1) is 21.2. The average Bonchev–Trinajstić information content (AvgIpc) is 3.60. The van der Waals surface area contributed by atoms with E-state index in [4.69, 9.17) is 5.73 Å². The summed E-state index contributed by atoms with van der Waals surface area (Å²) < 4.78 is 4.89. The van der Waals surface area contributed by atoms with Crippen molar-refractivity contribution in [2.45, 2.75) is 12.5 Å². The average molecular weight is 570 g/mol. The van der Waals surface area contributed by atoms with E-state index in [1.54, 1.807) is 0 Å². The van der Waals surface area contributed by atoms with E-state index in [0.717, 1.165) is 39.5 Å². The number of nitrogens with two attached hydrogens (primary N) is 1. The summed E-state index contributed by atoms with van der Waals surface area (Å²) in [6.07, 6.45) is 0.793. The highest BCUT2D eigenvalue weighted by Gasteiger charge is 2.17. The Hall–Kier alpha value is -5.21. The Morgan fingerprint density at radius 3 is 2.21 bits per heavy atom. The van der Waals surface area contributed by atoms with Gasteiger partial charge in [0.25, 0.3) is 0 Å². The minimum absolute atomic E-state index is 0.0769. The number of hydrogen-bond donors (Lipinski definition) is 1. The summed E-state index contributed by atoms with van der Waals surface area (Å²) in [7, 11) is 0. The minimum Gasteiger partial charge on any atom is -0.324 e. The molecule has 0 aliphatic carbocycles. The second-order valence-electron chi connectivity index (χ2n) is 11.1. The van der Waals surface area contributed by atoms with Gasteiger partial charge in [-0.2, -0.15) is 5.26 Å². The molecule has 2 N–H and O–H groups in total. The number of fused-ring (bicyclic) bond motifs is 6. The maximum absolute atomic E-state index is 9.73. The van der Waals surface area contributed by atoms with Crippen LogP contribution in [0.3, 0.4) is 0 Å². The number of hydrogen-bond acceptors (Lipinski definition) is 3. The molecule has 8 rings (SSSR count). The van der Waals surface area contributed by atoms with Crippen LogP contribution in [0.4, 0.5) is 0 Å². The van der Waals surface area contributed by atoms with Crippen LogP contribution in [0.5, 0.6) is 0 Å². The van der Waals surface area contributed by atoms with Gasteiger partial charge in [0.1, 0.15) is 0 Å². The van der Waals surface area contributed by atoms with Crippen LogP contribution in [-0.4, -0.2) is 4.57 Å². The van der Waals surface area contributed by atoms with Crippen LogP contribution < -0.4 is 5.73 Å². The van der Waals surface area contributed by atoms with E-state index in [1.807, 2.05) is 29.5 Å². The lowest BCUT2D eigenvalue weighted by atomic mass is 9.99. The first-order valence-corrected chi connectivity index (χ1v) is 15.3. The largest absolute Gasteiger partial charge is 0.324 e. The van der Waals surface area contributed by atoms with E-state index in [1.165, 1.54) is 36.9 Å². The number of nitrogens with zero attached hydrogens (tertiary/aromatic N) is 2. The molecule has 0 fully saturated rings. The molecule has 0 radical (unpaired) electrons. The highest BCUT2D eigenvalue weighted by atomic mass is 32.1. The van der Waals surface area contributed by atoms with Crippen molar-refractivity contribution in [3.8, 4) is 22.9 Å². The Morgan fingerprint density at radius 2 is 1.40 bits per heavy atom. The van der Waals surface area contributed by atoms with Gasteiger partial charge in [0.2, 0.25) is 0 Å². The Kier molecular flexibility index (Phi) is 6.08. The van der Waals surface area contributed by atoms with Gasteiger partial charge < -0.3 is 10.3 Å². The van der Waals surface area contributed by atoms with E-state index >= 15 is 0 Å². The van der Waals surface area contributed by atoms with Gasteiger partial charge in [-0.15, -0.1) is 11.3 Å². The molecule has 0 bridgehead atoms. The van der Waals surface area contributed by atoms with Gasteiger partial charge in [0.15, 0.2) is 0 Å². The lowest BCUT2D eigenvalue weighted by Crippen LogP contribution is -2.13. The highest BCUT2D eigenvalue weighted by Crippen LogP contribution is 2.42. The number of nitriles is 1. The zero-order valence-corrected chi connectivity index (χ0v) is 24.2. The van der Waals surface area contributed by atoms with E-state index in [2.05, 4.69) is 126 Å². The van der Waals surface area contributed by atoms with Crippen LogP contribution in [0.2, 0.25) is 0 Å². The smallest absolute Gasteiger partial charge is 0.0991 e. The molecule has 3 nitrogen and oxygen atoms in total. The Bertz CT molecular complexity index is 2340. The Balaban J connectivity index is 1.26. The third-order valence-electron chi connectivity index (χ3n) is 8.49. The van der Waals surface area contributed by atoms with Crippen molar-refractivity contribution < 1.29 is 0 Å². The third kappa shape index (κ3) is 4.30. The number of thiophene rings is 1. The monoisotopic (exact) mass is 569 g/mol. The Labute approximate surface area is 253 Å². The summed E-state index contributed by atoms with van der Waals surface area (Å²) in [6, 6.07) is 49.2. The lowest BCUT2D eigenvalue weighted by Gasteiger charge is -2.14. The third-order valence-corrected chi connectivity index (χ3v) is 9.71. The van der Waals surface area contributed by atoms with Crippen molar-refractivity contribution >= 4 is 53.3 Å². The molecule has 0 aliphatic heterocycles. The molecular weight excluding hydrogens is 543 g/mol. The summed E-state index contributed by atoms with van der Waals surface area (Å²) >= 11 is 1.85. The first-order valence-electron chi connectivity index (χ1n) is 14.5. The number of benzene rings is 6. The van der Waals surface area contributed by atoms with Crippen LogP contribution in [0.15, 0.2) is 133 Å². The van der Waals surface area contributed by atoms with Gasteiger partial charge in [-0.3, -0.25) is 0 Å². The molecule has 2 heterocycles. The van der Waals surface area contributed by atoms with Crippen molar-refractivity contribution in [1.82, 2.24) is 4.57 Å². The Morgan fingerprint density at radius 1 is 0.674 bits per heavy atom. The second kappa shape index (κ2) is 10.3. The van der Waals surface area contributed by atoms with Crippen molar-refractivity contribution in [3.05, 3.63) is 150 Å². The summed E-state index contributed by atoms with van der Waals surface area (Å²) in [5.74, 6) is 0. The molecule has 1 atom stereocenters. The first kappa shape index (κ1) is 25.5. The van der Waals surface area contributed by atoms with Gasteiger partial charge >= 0.3 is 0 Å². The molecule has 2 aromatic heterocycles. The molecule has 0 saturated heterocycles. The maximum Gasteiger partial charge on any atom is 0.0991 e. The van der Waals surface area contributed by atoms with Crippen LogP contribution in [0.25, 0.3) is 58.8 Å². The van der Waals surface area contributed by atoms with E-state index in [9.17, 15) is 5.26 Å². The summed E-state index contributed by atoms with van der Waals surface area (Å²) in [4.78, 5) is 0. The zero-order chi connectivity index (χ0) is 28.9. The standard InChI is InChI=1S/C39H27N3S/c40-24-26-13-19-36-33(21-26)34-23-28(30-10-6-11-32-31-9-4-5-12-38(31)43-39(30)32)16-20-37(34)42(36)29-17-14-27(15-18-29)35(41)22-25-7-2-1-3-8-25/h1-21,23,35H,22,41H2/t35-/m1/s1. The number of rotatable bonds is 5. The van der Waals surface area contributed by atoms with Crippen molar-refractivity contribution in [1.29, 1.82) is 5.26 Å². The topological polar surface area (TPSA) is 54.7 Å². The van der Waals surface area contributed by atoms with E-state index < -0.39 is 0 Å². The number of aromatic nitrogens is 1. The molecule has 0 spiro atoms. The van der Waals surface area contributed by atoms with Gasteiger partial charge in [-0.25, -0.2) is 0 Å². The summed E-state index contributed by atoms with van der Waals surface area (Å²) in [5, 5.41) is 14.5. The molecule has 43 heavy (non-hydrogen) atoms. The van der Waals surface area contributed by atoms with Crippen molar-refractivity contribution in [3.63, 3.8) is 0 Å². The fourth-order valence-corrected chi connectivity index (χ4v) is 7.61. The minimum atomic E-state index is -0.0769. The van der Waals surface area contributed by atoms with Gasteiger partial charge in [0.05, 0.1) is 22.7 Å². The molecule has 8 aromatic rings. The van der Waals surface area contributed by atoms with Crippen LogP contribution in [-0.2, 0) is 6.42 Å². The molecule has 204 valence electrons. The molecular formula is C39H27N3S. The molecule has 0 unspecified atom stereocenters. The fourth-order valence-electron chi connectivity index (χ4n) is 6.37. The van der Waals surface area contributed by atoms with Crippen molar-refractivity contribution in [2.24, 2.45) is 5.73 Å². The highest BCUT2D eigenvalue weighted by molar-refractivity contribution is 7.26. The van der Waals surface area contributed by atoms with Crippen LogP contribution in [0, 0.1) is 11.3 Å². The van der Waals surface area contributed by atoms with Gasteiger partial charge in [-0.05, 0) is 77.2 Å². The predicted octanol–water partition coefficient (Wildman–Crippen LogP) is 9.93. The van der Waals surface area contributed by atoms with E-state index in [-0.39, 0.29) is 6.04 Å². The molecule has 0 amide bonds. The normalized spacial score (nSPS) is 12.3. The van der Waals surface area contributed by atoms with Gasteiger partial charge in [0, 0.05) is 42.7 Å². The molecule has 0 saturated carbocycles. The zero-order valence-electron chi connectivity index (χ0n) is 23.4. The quantitative estimate of drug-likeness (QED) is 0.224. The van der Waals surface area contributed by atoms with Crippen molar-refractivity contribution in [2.75, 3.05) is 0 Å². The van der Waals surface area contributed by atoms with E-state index in [0.29, 0.717) is 5.56 Å². The maximum atomic E-state index is 9.73. The summed E-state index contributed by atoms with van der Waals surface area (Å²) in [5.41, 5.74) is 15.3. The molecule has 0 aliphatic rings. The lowest BCUT2D eigenvalue weighted by molar-refractivity contribution is 0.722. The second-order valence-corrected chi connectivity index (χ2v) is 12.1. The predicted molar refractivity (Wildman–Crippen MR) is 181 cm³/mol. The molecule has 6 aromatic carbocycles. The van der Waals surface area contributed by atoms with Crippen LogP contribution >= 0.6 is 11.3 Å².